The van der Waals surface area contributed by atoms with Gasteiger partial charge in [0.2, 0.25) is 0 Å². The lowest BCUT2D eigenvalue weighted by Gasteiger charge is -2.21. The maximum Gasteiger partial charge on any atom is 0.123 e. The SMILES string of the molecule is CCC.Cc1ccc(C2=C(c3ccc(F)cc3)CC(C)C=C2)cc1S. The van der Waals surface area contributed by atoms with Crippen LogP contribution in [0.5, 0.6) is 0 Å². The highest BCUT2D eigenvalue weighted by molar-refractivity contribution is 7.80. The molecule has 1 aliphatic carbocycles. The van der Waals surface area contributed by atoms with Gasteiger partial charge in [0.1, 0.15) is 5.82 Å². The fourth-order valence-electron chi connectivity index (χ4n) is 2.83. The molecule has 0 radical (unpaired) electrons. The number of aryl methyl sites for hydroxylation is 1. The third-order valence-electron chi connectivity index (χ3n) is 4.16. The van der Waals surface area contributed by atoms with Crippen LogP contribution in [0.2, 0.25) is 0 Å². The van der Waals surface area contributed by atoms with Crippen LogP contribution < -0.4 is 0 Å². The molecule has 0 aromatic heterocycles. The van der Waals surface area contributed by atoms with Gasteiger partial charge in [-0.05, 0) is 65.3 Å². The minimum atomic E-state index is -0.196. The third-order valence-corrected chi connectivity index (χ3v) is 4.64. The number of hydrogen-bond acceptors (Lipinski definition) is 1. The van der Waals surface area contributed by atoms with Crippen molar-refractivity contribution >= 4 is 23.8 Å². The average Bonchev–Trinajstić information content (AvgIpc) is 2.59. The standard InChI is InChI=1S/C20H19FS.C3H8/c1-13-3-10-18(16-5-4-14(2)20(22)12-16)19(11-13)15-6-8-17(21)9-7-15;1-3-2/h3-10,12-13,22H,11H2,1-2H3;3H2,1-2H3. The van der Waals surface area contributed by atoms with Gasteiger partial charge in [-0.1, -0.05) is 63.6 Å². The summed E-state index contributed by atoms with van der Waals surface area (Å²) in [5.41, 5.74) is 5.91. The van der Waals surface area contributed by atoms with Crippen LogP contribution in [0.25, 0.3) is 11.1 Å². The summed E-state index contributed by atoms with van der Waals surface area (Å²) in [5.74, 6) is 0.294. The lowest BCUT2D eigenvalue weighted by atomic mass is 9.84. The zero-order chi connectivity index (χ0) is 18.4. The van der Waals surface area contributed by atoms with Crippen molar-refractivity contribution in [2.45, 2.75) is 45.4 Å². The average molecular weight is 355 g/mol. The Labute approximate surface area is 156 Å². The number of rotatable bonds is 2. The van der Waals surface area contributed by atoms with E-state index in [1.54, 1.807) is 0 Å². The summed E-state index contributed by atoms with van der Waals surface area (Å²) < 4.78 is 13.2. The number of halogens is 1. The fourth-order valence-corrected chi connectivity index (χ4v) is 3.05. The molecule has 1 unspecified atom stereocenters. The van der Waals surface area contributed by atoms with E-state index < -0.39 is 0 Å². The second kappa shape index (κ2) is 9.05. The summed E-state index contributed by atoms with van der Waals surface area (Å²) in [6.45, 7) is 8.51. The molecule has 0 fully saturated rings. The van der Waals surface area contributed by atoms with Crippen LogP contribution in [0.4, 0.5) is 4.39 Å². The minimum absolute atomic E-state index is 0.196. The van der Waals surface area contributed by atoms with Crippen LogP contribution in [0.3, 0.4) is 0 Å². The maximum atomic E-state index is 13.2. The molecule has 2 heteroatoms. The van der Waals surface area contributed by atoms with E-state index in [1.165, 1.54) is 35.3 Å². The Hall–Kier alpha value is -1.80. The smallest absolute Gasteiger partial charge is 0.123 e. The highest BCUT2D eigenvalue weighted by atomic mass is 32.1. The van der Waals surface area contributed by atoms with Crippen molar-refractivity contribution in [1.29, 1.82) is 0 Å². The summed E-state index contributed by atoms with van der Waals surface area (Å²) in [6.07, 6.45) is 6.64. The third kappa shape index (κ3) is 5.09. The van der Waals surface area contributed by atoms with Gasteiger partial charge in [0.25, 0.3) is 0 Å². The molecule has 0 amide bonds. The van der Waals surface area contributed by atoms with Crippen molar-refractivity contribution in [3.05, 3.63) is 77.1 Å². The first-order valence-electron chi connectivity index (χ1n) is 8.93. The van der Waals surface area contributed by atoms with Crippen molar-refractivity contribution in [1.82, 2.24) is 0 Å². The van der Waals surface area contributed by atoms with Crippen LogP contribution >= 0.6 is 12.6 Å². The van der Waals surface area contributed by atoms with Gasteiger partial charge in [0.05, 0.1) is 0 Å². The number of hydrogen-bond donors (Lipinski definition) is 1. The molecule has 1 atom stereocenters. The lowest BCUT2D eigenvalue weighted by molar-refractivity contribution is 0.627. The molecule has 0 N–H and O–H groups in total. The Kier molecular flexibility index (Phi) is 7.07. The summed E-state index contributed by atoms with van der Waals surface area (Å²) in [5, 5.41) is 0. The second-order valence-electron chi connectivity index (χ2n) is 6.65. The molecule has 0 spiro atoms. The van der Waals surface area contributed by atoms with Gasteiger partial charge < -0.3 is 0 Å². The highest BCUT2D eigenvalue weighted by Crippen LogP contribution is 2.37. The van der Waals surface area contributed by atoms with Crippen molar-refractivity contribution in [3.8, 4) is 0 Å². The zero-order valence-electron chi connectivity index (χ0n) is 15.5. The van der Waals surface area contributed by atoms with E-state index >= 15 is 0 Å². The number of thiol groups is 1. The molecule has 132 valence electrons. The highest BCUT2D eigenvalue weighted by Gasteiger charge is 2.16. The van der Waals surface area contributed by atoms with Crippen LogP contribution in [0.15, 0.2) is 59.5 Å². The lowest BCUT2D eigenvalue weighted by Crippen LogP contribution is -2.02. The first-order chi connectivity index (χ1) is 12.0. The predicted octanol–water partition coefficient (Wildman–Crippen LogP) is 7.35. The monoisotopic (exact) mass is 354 g/mol. The van der Waals surface area contributed by atoms with Crippen LogP contribution in [-0.2, 0) is 0 Å². The normalized spacial score (nSPS) is 16.5. The van der Waals surface area contributed by atoms with Gasteiger partial charge in [0.15, 0.2) is 0 Å². The molecule has 0 aliphatic heterocycles. The molecule has 2 aromatic rings. The Bertz CT molecular complexity index is 769. The summed E-state index contributed by atoms with van der Waals surface area (Å²) in [4.78, 5) is 0.996. The fraction of sp³-hybridized carbons (Fsp3) is 0.304. The van der Waals surface area contributed by atoms with Crippen molar-refractivity contribution in [3.63, 3.8) is 0 Å². The Morgan fingerprint density at radius 2 is 1.64 bits per heavy atom. The molecule has 0 heterocycles. The summed E-state index contributed by atoms with van der Waals surface area (Å²) >= 11 is 4.54. The molecule has 2 aromatic carbocycles. The van der Waals surface area contributed by atoms with Gasteiger partial charge >= 0.3 is 0 Å². The summed E-state index contributed by atoms with van der Waals surface area (Å²) in [7, 11) is 0. The molecule has 0 saturated carbocycles. The van der Waals surface area contributed by atoms with E-state index in [0.717, 1.165) is 22.4 Å². The van der Waals surface area contributed by atoms with Gasteiger partial charge in [-0.2, -0.15) is 0 Å². The topological polar surface area (TPSA) is 0 Å². The van der Waals surface area contributed by atoms with E-state index in [-0.39, 0.29) is 5.82 Å². The molecule has 0 nitrogen and oxygen atoms in total. The number of allylic oxidation sites excluding steroid dienone is 4. The Balaban J connectivity index is 0.000000701. The van der Waals surface area contributed by atoms with Gasteiger partial charge in [-0.15, -0.1) is 12.6 Å². The van der Waals surface area contributed by atoms with Crippen LogP contribution in [0.1, 0.15) is 50.3 Å². The van der Waals surface area contributed by atoms with Gasteiger partial charge in [-0.3, -0.25) is 0 Å². The van der Waals surface area contributed by atoms with E-state index in [4.69, 9.17) is 0 Å². The first-order valence-corrected chi connectivity index (χ1v) is 9.38. The zero-order valence-corrected chi connectivity index (χ0v) is 16.4. The second-order valence-corrected chi connectivity index (χ2v) is 7.13. The molecular weight excluding hydrogens is 327 g/mol. The van der Waals surface area contributed by atoms with Crippen LogP contribution in [0, 0.1) is 18.7 Å². The van der Waals surface area contributed by atoms with E-state index in [1.807, 2.05) is 12.1 Å². The number of benzene rings is 2. The van der Waals surface area contributed by atoms with E-state index in [2.05, 4.69) is 70.7 Å². The van der Waals surface area contributed by atoms with Gasteiger partial charge in [0, 0.05) is 4.90 Å². The molecule has 25 heavy (non-hydrogen) atoms. The molecular formula is C23H27FS. The van der Waals surface area contributed by atoms with Crippen molar-refractivity contribution < 1.29 is 4.39 Å². The Morgan fingerprint density at radius 3 is 2.24 bits per heavy atom. The van der Waals surface area contributed by atoms with Crippen molar-refractivity contribution in [2.75, 3.05) is 0 Å². The quantitative estimate of drug-likeness (QED) is 0.536. The van der Waals surface area contributed by atoms with E-state index in [0.29, 0.717) is 5.92 Å². The van der Waals surface area contributed by atoms with Crippen LogP contribution in [-0.4, -0.2) is 0 Å². The van der Waals surface area contributed by atoms with Gasteiger partial charge in [-0.25, -0.2) is 4.39 Å². The summed E-state index contributed by atoms with van der Waals surface area (Å²) in [6, 6.07) is 13.1. The molecule has 0 bridgehead atoms. The largest absolute Gasteiger partial charge is 0.207 e. The molecule has 3 rings (SSSR count). The van der Waals surface area contributed by atoms with Crippen molar-refractivity contribution in [2.24, 2.45) is 5.92 Å². The molecule has 1 aliphatic rings. The minimum Gasteiger partial charge on any atom is -0.207 e. The van der Waals surface area contributed by atoms with E-state index in [9.17, 15) is 4.39 Å². The first kappa shape index (κ1) is 19.5. The maximum absolute atomic E-state index is 13.2. The Morgan fingerprint density at radius 1 is 1.04 bits per heavy atom. The molecule has 0 saturated heterocycles. The predicted molar refractivity (Wildman–Crippen MR) is 111 cm³/mol.